The fraction of sp³-hybridized carbons (Fsp3) is 0.446. The monoisotopic (exact) mass is 1010 g/mol. The largest absolute Gasteiger partial charge is 0.494 e. The number of amides is 3. The van der Waals surface area contributed by atoms with Crippen molar-refractivity contribution in [3.8, 4) is 40.4 Å². The van der Waals surface area contributed by atoms with Gasteiger partial charge in [0, 0.05) is 74.2 Å². The van der Waals surface area contributed by atoms with Crippen LogP contribution in [0, 0.1) is 23.7 Å². The molecule has 3 saturated heterocycles. The van der Waals surface area contributed by atoms with Crippen LogP contribution in [0.3, 0.4) is 0 Å². The molecule has 7 aliphatic rings. The Labute approximate surface area is 431 Å². The normalized spacial score (nSPS) is 24.5. The number of benzene rings is 2. The van der Waals surface area contributed by atoms with Crippen molar-refractivity contribution in [3.63, 3.8) is 0 Å². The van der Waals surface area contributed by atoms with Crippen molar-refractivity contribution in [2.24, 2.45) is 37.8 Å². The van der Waals surface area contributed by atoms with Gasteiger partial charge in [-0.25, -0.2) is 19.7 Å². The molecule has 15 rings (SSSR count). The highest BCUT2D eigenvalue weighted by molar-refractivity contribution is 6.02. The Kier molecular flexibility index (Phi) is 9.72. The van der Waals surface area contributed by atoms with Gasteiger partial charge < -0.3 is 57.6 Å². The predicted molar refractivity (Wildman–Crippen MR) is 279 cm³/mol. The van der Waals surface area contributed by atoms with E-state index in [9.17, 15) is 14.4 Å². The number of carbonyl (C=O) groups is 3. The fourth-order valence-electron chi connectivity index (χ4n) is 13.8. The summed E-state index contributed by atoms with van der Waals surface area (Å²) in [5.74, 6) is 4.72. The number of rotatable bonds is 13. The number of nitrogens with zero attached hydrogens (tertiary/aromatic N) is 10. The second kappa shape index (κ2) is 16.3. The van der Waals surface area contributed by atoms with Gasteiger partial charge in [0.25, 0.3) is 11.8 Å². The Morgan fingerprint density at radius 3 is 1.96 bits per heavy atom. The standard InChI is InChI=1S/C56H58N12O7/c1-63-47-36(59-52(63)39-17-29-11-13-44(74-5)61-51(29)66(39)24-28-8-9-28)15-32(19-41(47)72-3)54(69)67-25-30-10-12-38(67)45(30)58-35-14-31-18-40(65(23-27-6-7-27)50(31)57-22-35)53-60-37-16-33(20-42(73-4)48(37)64(53)2)55(70)68-26-34-21-43-49(68)46(34)62-56(71)75-43/h11,13-20,22,27-28,30,34,38,43,45-46,49,58H,6-10,12,21,23-26H2,1-5H3,(H,62,71)/t30-,34-,38-,43?,45-,46-,49-/m1/s1. The van der Waals surface area contributed by atoms with Gasteiger partial charge in [0.2, 0.25) is 5.88 Å². The lowest BCUT2D eigenvalue weighted by Gasteiger charge is -2.35. The number of alkyl carbamates (subject to hydrolysis) is 1. The van der Waals surface area contributed by atoms with Crippen LogP contribution in [-0.4, -0.2) is 131 Å². The van der Waals surface area contributed by atoms with Gasteiger partial charge in [-0.3, -0.25) is 9.59 Å². The predicted octanol–water partition coefficient (Wildman–Crippen LogP) is 7.38. The summed E-state index contributed by atoms with van der Waals surface area (Å²) in [7, 11) is 8.91. The van der Waals surface area contributed by atoms with Gasteiger partial charge in [0.1, 0.15) is 39.9 Å². The Hall–Kier alpha value is -7.83. The molecule has 2 aromatic carbocycles. The number of anilines is 1. The minimum atomic E-state index is -0.404. The number of hydrogen-bond acceptors (Lipinski definition) is 12. The Morgan fingerprint density at radius 1 is 0.707 bits per heavy atom. The quantitative estimate of drug-likeness (QED) is 0.117. The molecule has 0 spiro atoms. The molecule has 1 unspecified atom stereocenters. The summed E-state index contributed by atoms with van der Waals surface area (Å²) in [6.07, 6.45) is 8.65. The van der Waals surface area contributed by atoms with Crippen LogP contribution in [0.15, 0.2) is 60.8 Å². The van der Waals surface area contributed by atoms with Gasteiger partial charge in [-0.1, -0.05) is 0 Å². The van der Waals surface area contributed by atoms with Crippen LogP contribution in [0.2, 0.25) is 0 Å². The number of aryl methyl sites for hydroxylation is 2. The maximum absolute atomic E-state index is 14.7. The minimum absolute atomic E-state index is 0.00182. The van der Waals surface area contributed by atoms with Crippen molar-refractivity contribution in [1.82, 2.24) is 53.3 Å². The topological polar surface area (TPSA) is 190 Å². The van der Waals surface area contributed by atoms with E-state index < -0.39 is 6.09 Å². The second-order valence-electron chi connectivity index (χ2n) is 22.2. The average Bonchev–Trinajstić information content (AvgIpc) is 4.04. The molecule has 4 saturated carbocycles. The van der Waals surface area contributed by atoms with Crippen molar-refractivity contribution in [2.75, 3.05) is 39.7 Å². The van der Waals surface area contributed by atoms with Crippen molar-refractivity contribution in [2.45, 2.75) is 88.3 Å². The van der Waals surface area contributed by atoms with E-state index in [4.69, 9.17) is 38.9 Å². The lowest BCUT2D eigenvalue weighted by Crippen LogP contribution is -2.56. The van der Waals surface area contributed by atoms with E-state index in [1.165, 1.54) is 25.7 Å². The molecular weight excluding hydrogens is 953 g/mol. The van der Waals surface area contributed by atoms with Crippen LogP contribution in [0.4, 0.5) is 10.5 Å². The lowest BCUT2D eigenvalue weighted by atomic mass is 10.1. The SMILES string of the molecule is COc1ccc2cc(-c3nc4cc(C(=O)N5C[C@H]6CC[C@@H]5[C@@H]6Nc5cnc6c(c5)cc(-c5nc7cc(C(=O)N8C[C@H]9CC%10OC(=O)N[C@H]9[C@@H]%108)cc(OC)c7n5C)n6CC5CC5)cc(OC)c4n3C)n(CC3CC3)c2n1. The molecule has 19 heteroatoms. The number of methoxy groups -OCH3 is 3. The number of hydrogen-bond donors (Lipinski definition) is 2. The van der Waals surface area contributed by atoms with Crippen LogP contribution in [0.25, 0.3) is 67.2 Å². The molecule has 6 aromatic heterocycles. The van der Waals surface area contributed by atoms with Crippen molar-refractivity contribution < 1.29 is 33.3 Å². The molecule has 9 heterocycles. The lowest BCUT2D eigenvalue weighted by molar-refractivity contribution is 0.0145. The number of carbonyl (C=O) groups excluding carboxylic acids is 3. The number of fused-ring (bicyclic) bond motifs is 6. The van der Waals surface area contributed by atoms with E-state index in [2.05, 4.69) is 47.1 Å². The number of aromatic nitrogens is 8. The molecule has 4 aliphatic carbocycles. The number of ether oxygens (including phenoxy) is 4. The van der Waals surface area contributed by atoms with Crippen LogP contribution < -0.4 is 24.8 Å². The van der Waals surface area contributed by atoms with Gasteiger partial charge >= 0.3 is 6.09 Å². The molecule has 19 nitrogen and oxygen atoms in total. The van der Waals surface area contributed by atoms with Crippen molar-refractivity contribution >= 4 is 67.7 Å². The Morgan fingerprint density at radius 2 is 1.33 bits per heavy atom. The smallest absolute Gasteiger partial charge is 0.407 e. The zero-order valence-corrected chi connectivity index (χ0v) is 42.6. The van der Waals surface area contributed by atoms with Crippen LogP contribution in [0.1, 0.15) is 65.7 Å². The molecule has 75 heavy (non-hydrogen) atoms. The molecule has 0 radical (unpaired) electrons. The number of nitrogens with one attached hydrogen (secondary N) is 2. The maximum Gasteiger partial charge on any atom is 0.407 e. The highest BCUT2D eigenvalue weighted by Crippen LogP contribution is 2.46. The second-order valence-corrected chi connectivity index (χ2v) is 22.2. The molecule has 3 amide bonds. The summed E-state index contributed by atoms with van der Waals surface area (Å²) in [6, 6.07) is 17.7. The summed E-state index contributed by atoms with van der Waals surface area (Å²) in [5, 5.41) is 8.83. The third kappa shape index (κ3) is 6.87. The average molecular weight is 1010 g/mol. The number of imidazole rings is 2. The summed E-state index contributed by atoms with van der Waals surface area (Å²) in [5.41, 5.74) is 8.60. The van der Waals surface area contributed by atoms with E-state index in [0.29, 0.717) is 64.5 Å². The molecule has 7 atom stereocenters. The van der Waals surface area contributed by atoms with Gasteiger partial charge in [-0.2, -0.15) is 4.98 Å². The summed E-state index contributed by atoms with van der Waals surface area (Å²) < 4.78 is 31.8. The van der Waals surface area contributed by atoms with E-state index in [1.807, 2.05) is 60.4 Å². The van der Waals surface area contributed by atoms with Crippen molar-refractivity contribution in [1.29, 1.82) is 0 Å². The Balaban J connectivity index is 0.711. The molecule has 2 N–H and O–H groups in total. The first-order valence-electron chi connectivity index (χ1n) is 26.5. The van der Waals surface area contributed by atoms with Gasteiger partial charge in [-0.05, 0) is 111 Å². The first kappa shape index (κ1) is 44.6. The Bertz CT molecular complexity index is 3750. The van der Waals surface area contributed by atoms with Gasteiger partial charge in [-0.15, -0.1) is 0 Å². The zero-order valence-electron chi connectivity index (χ0n) is 42.6. The molecule has 384 valence electrons. The highest BCUT2D eigenvalue weighted by atomic mass is 16.6. The van der Waals surface area contributed by atoms with E-state index in [0.717, 1.165) is 94.2 Å². The van der Waals surface area contributed by atoms with Crippen LogP contribution >= 0.6 is 0 Å². The first-order valence-corrected chi connectivity index (χ1v) is 26.5. The molecule has 7 fully saturated rings. The van der Waals surface area contributed by atoms with Crippen LogP contribution in [0.5, 0.6) is 17.4 Å². The first-order chi connectivity index (χ1) is 36.5. The van der Waals surface area contributed by atoms with Crippen molar-refractivity contribution in [3.05, 3.63) is 71.9 Å². The van der Waals surface area contributed by atoms with Gasteiger partial charge in [0.05, 0.1) is 79.8 Å². The number of pyridine rings is 2. The summed E-state index contributed by atoms with van der Waals surface area (Å²) in [6.45, 7) is 2.89. The van der Waals surface area contributed by atoms with Crippen LogP contribution in [-0.2, 0) is 31.9 Å². The van der Waals surface area contributed by atoms with E-state index in [-0.39, 0.29) is 53.9 Å². The minimum Gasteiger partial charge on any atom is -0.494 e. The number of piperidine rings is 2. The maximum atomic E-state index is 14.7. The zero-order chi connectivity index (χ0) is 50.7. The molecule has 3 aliphatic heterocycles. The summed E-state index contributed by atoms with van der Waals surface area (Å²) >= 11 is 0. The fourth-order valence-corrected chi connectivity index (χ4v) is 13.8. The summed E-state index contributed by atoms with van der Waals surface area (Å²) in [4.78, 5) is 65.4. The van der Waals surface area contributed by atoms with E-state index >= 15 is 0 Å². The third-order valence-corrected chi connectivity index (χ3v) is 17.8. The number of likely N-dealkylation sites (tertiary alicyclic amines) is 2. The molecule has 6 bridgehead atoms. The molecule has 8 aromatic rings. The highest BCUT2D eigenvalue weighted by Gasteiger charge is 2.59. The van der Waals surface area contributed by atoms with E-state index in [1.54, 1.807) is 27.4 Å². The third-order valence-electron chi connectivity index (χ3n) is 17.8. The van der Waals surface area contributed by atoms with Gasteiger partial charge in [0.15, 0.2) is 11.6 Å². The molecular formula is C56H58N12O7.